The second-order valence-corrected chi connectivity index (χ2v) is 8.67. The number of hydrogen-bond acceptors (Lipinski definition) is 5. The van der Waals surface area contributed by atoms with Gasteiger partial charge in [0.1, 0.15) is 5.82 Å². The maximum absolute atomic E-state index is 11.6. The Morgan fingerprint density at radius 1 is 1.21 bits per heavy atom. The molecule has 5 nitrogen and oxygen atoms in total. The molecule has 152 valence electrons. The molecule has 1 aliphatic rings. The minimum Gasteiger partial charge on any atom is -0.354 e. The van der Waals surface area contributed by atoms with Gasteiger partial charge in [0.05, 0.1) is 11.1 Å². The lowest BCUT2D eigenvalue weighted by Crippen LogP contribution is -2.34. The molecule has 4 rings (SSSR count). The number of amides is 1. The molecule has 0 bridgehead atoms. The lowest BCUT2D eigenvalue weighted by molar-refractivity contribution is -0.115. The van der Waals surface area contributed by atoms with Crippen LogP contribution in [0.15, 0.2) is 36.4 Å². The van der Waals surface area contributed by atoms with Crippen LogP contribution in [0, 0.1) is 0 Å². The van der Waals surface area contributed by atoms with E-state index in [-0.39, 0.29) is 5.91 Å². The summed E-state index contributed by atoms with van der Waals surface area (Å²) in [6, 6.07) is 12.4. The SMILES string of the molecule is CCN(CCN(C)CCc1cc2c(cc1Cl)NC(=O)C2)c1nsc2ccccc12. The van der Waals surface area contributed by atoms with E-state index < -0.39 is 0 Å². The monoisotopic (exact) mass is 428 g/mol. The molecular weight excluding hydrogens is 404 g/mol. The van der Waals surface area contributed by atoms with Crippen LogP contribution in [0.2, 0.25) is 5.02 Å². The van der Waals surface area contributed by atoms with Crippen molar-refractivity contribution in [3.63, 3.8) is 0 Å². The molecule has 0 unspecified atom stereocenters. The number of carbonyl (C=O) groups is 1. The molecule has 0 spiro atoms. The van der Waals surface area contributed by atoms with Gasteiger partial charge >= 0.3 is 0 Å². The number of carbonyl (C=O) groups excluding carboxylic acids is 1. The Kier molecular flexibility index (Phi) is 6.04. The summed E-state index contributed by atoms with van der Waals surface area (Å²) in [7, 11) is 2.14. The summed E-state index contributed by atoms with van der Waals surface area (Å²) in [6.45, 7) is 5.89. The molecule has 2 aromatic carbocycles. The van der Waals surface area contributed by atoms with Crippen LogP contribution in [-0.2, 0) is 17.6 Å². The molecule has 2 heterocycles. The van der Waals surface area contributed by atoms with Crippen LogP contribution in [0.25, 0.3) is 10.1 Å². The van der Waals surface area contributed by atoms with Crippen LogP contribution in [0.4, 0.5) is 11.5 Å². The number of hydrogen-bond donors (Lipinski definition) is 1. The van der Waals surface area contributed by atoms with Crippen molar-refractivity contribution >= 4 is 50.6 Å². The average molecular weight is 429 g/mol. The highest BCUT2D eigenvalue weighted by Gasteiger charge is 2.19. The van der Waals surface area contributed by atoms with Crippen molar-refractivity contribution in [2.75, 3.05) is 43.4 Å². The van der Waals surface area contributed by atoms with Crippen molar-refractivity contribution in [2.45, 2.75) is 19.8 Å². The molecule has 1 aliphatic heterocycles. The zero-order valence-electron chi connectivity index (χ0n) is 16.7. The quantitative estimate of drug-likeness (QED) is 0.576. The van der Waals surface area contributed by atoms with Gasteiger partial charge in [0.2, 0.25) is 5.91 Å². The van der Waals surface area contributed by atoms with Gasteiger partial charge in [0, 0.05) is 42.3 Å². The molecule has 0 radical (unpaired) electrons. The maximum atomic E-state index is 11.6. The number of fused-ring (bicyclic) bond motifs is 2. The molecule has 0 saturated carbocycles. The third-order valence-corrected chi connectivity index (χ3v) is 6.62. The highest BCUT2D eigenvalue weighted by molar-refractivity contribution is 7.13. The molecule has 1 amide bonds. The van der Waals surface area contributed by atoms with Crippen molar-refractivity contribution in [1.29, 1.82) is 0 Å². The fourth-order valence-electron chi connectivity index (χ4n) is 3.72. The molecule has 0 saturated heterocycles. The number of likely N-dealkylation sites (N-methyl/N-ethyl adjacent to an activating group) is 2. The molecule has 1 N–H and O–H groups in total. The van der Waals surface area contributed by atoms with E-state index in [1.807, 2.05) is 6.07 Å². The summed E-state index contributed by atoms with van der Waals surface area (Å²) < 4.78 is 5.92. The van der Waals surface area contributed by atoms with Gasteiger partial charge in [-0.05, 0) is 61.3 Å². The highest BCUT2D eigenvalue weighted by Crippen LogP contribution is 2.30. The van der Waals surface area contributed by atoms with E-state index >= 15 is 0 Å². The Labute approximate surface area is 180 Å². The highest BCUT2D eigenvalue weighted by atomic mass is 35.5. The topological polar surface area (TPSA) is 48.5 Å². The normalized spacial score (nSPS) is 13.2. The van der Waals surface area contributed by atoms with E-state index in [0.29, 0.717) is 6.42 Å². The van der Waals surface area contributed by atoms with E-state index in [9.17, 15) is 4.79 Å². The summed E-state index contributed by atoms with van der Waals surface area (Å²) in [5.41, 5.74) is 3.00. The molecule has 7 heteroatoms. The molecule has 0 aliphatic carbocycles. The van der Waals surface area contributed by atoms with Gasteiger partial charge < -0.3 is 15.1 Å². The number of nitrogens with zero attached hydrogens (tertiary/aromatic N) is 3. The van der Waals surface area contributed by atoms with Gasteiger partial charge in [0.15, 0.2) is 0 Å². The zero-order valence-corrected chi connectivity index (χ0v) is 18.3. The lowest BCUT2D eigenvalue weighted by atomic mass is 10.1. The van der Waals surface area contributed by atoms with Gasteiger partial charge in [-0.3, -0.25) is 4.79 Å². The zero-order chi connectivity index (χ0) is 20.4. The Balaban J connectivity index is 1.35. The second-order valence-electron chi connectivity index (χ2n) is 7.46. The molecule has 0 fully saturated rings. The Bertz CT molecular complexity index is 1030. The summed E-state index contributed by atoms with van der Waals surface area (Å²) in [4.78, 5) is 16.2. The van der Waals surface area contributed by atoms with Crippen LogP contribution >= 0.6 is 23.1 Å². The second kappa shape index (κ2) is 8.69. The molecule has 3 aromatic rings. The van der Waals surface area contributed by atoms with E-state index in [1.165, 1.54) is 10.1 Å². The van der Waals surface area contributed by atoms with Crippen molar-refractivity contribution in [3.05, 3.63) is 52.5 Å². The summed E-state index contributed by atoms with van der Waals surface area (Å²) in [5.74, 6) is 1.12. The van der Waals surface area contributed by atoms with E-state index in [0.717, 1.165) is 60.3 Å². The Morgan fingerprint density at radius 2 is 2.03 bits per heavy atom. The number of benzene rings is 2. The van der Waals surface area contributed by atoms with Crippen LogP contribution in [0.3, 0.4) is 0 Å². The van der Waals surface area contributed by atoms with E-state index in [2.05, 4.69) is 63.8 Å². The fraction of sp³-hybridized carbons (Fsp3) is 0.364. The van der Waals surface area contributed by atoms with Crippen LogP contribution in [0.5, 0.6) is 0 Å². The fourth-order valence-corrected chi connectivity index (χ4v) is 4.77. The number of aromatic nitrogens is 1. The summed E-state index contributed by atoms with van der Waals surface area (Å²) >= 11 is 7.99. The predicted molar refractivity (Wildman–Crippen MR) is 122 cm³/mol. The van der Waals surface area contributed by atoms with E-state index in [4.69, 9.17) is 11.6 Å². The summed E-state index contributed by atoms with van der Waals surface area (Å²) in [6.07, 6.45) is 1.31. The van der Waals surface area contributed by atoms with Crippen molar-refractivity contribution in [3.8, 4) is 0 Å². The predicted octanol–water partition coefficient (Wildman–Crippen LogP) is 4.45. The van der Waals surface area contributed by atoms with Crippen molar-refractivity contribution in [2.24, 2.45) is 0 Å². The van der Waals surface area contributed by atoms with Crippen molar-refractivity contribution < 1.29 is 4.79 Å². The minimum absolute atomic E-state index is 0.0413. The third kappa shape index (κ3) is 4.39. The maximum Gasteiger partial charge on any atom is 0.228 e. The first-order valence-corrected chi connectivity index (χ1v) is 11.1. The Hall–Kier alpha value is -2.15. The van der Waals surface area contributed by atoms with Crippen LogP contribution in [-0.4, -0.2) is 48.4 Å². The van der Waals surface area contributed by atoms with Gasteiger partial charge in [-0.25, -0.2) is 0 Å². The standard InChI is InChI=1S/C22H25ClN4OS/c1-3-27(22-17-6-4-5-7-20(17)29-25-22)11-10-26(2)9-8-15-12-16-13-21(28)24-19(16)14-18(15)23/h4-7,12,14H,3,8-11,13H2,1-2H3,(H,24,28). The lowest BCUT2D eigenvalue weighted by Gasteiger charge is -2.25. The number of nitrogens with one attached hydrogen (secondary N) is 1. The molecule has 0 atom stereocenters. The number of halogens is 1. The summed E-state index contributed by atoms with van der Waals surface area (Å²) in [5, 5.41) is 4.81. The van der Waals surface area contributed by atoms with E-state index in [1.54, 1.807) is 11.5 Å². The van der Waals surface area contributed by atoms with Crippen LogP contribution < -0.4 is 10.2 Å². The third-order valence-electron chi connectivity index (χ3n) is 5.45. The molecule has 1 aromatic heterocycles. The smallest absolute Gasteiger partial charge is 0.228 e. The molecular formula is C22H25ClN4OS. The first-order valence-electron chi connectivity index (χ1n) is 9.94. The number of rotatable bonds is 8. The van der Waals surface area contributed by atoms with Crippen molar-refractivity contribution in [1.82, 2.24) is 9.27 Å². The van der Waals surface area contributed by atoms with Gasteiger partial charge in [-0.15, -0.1) is 0 Å². The Morgan fingerprint density at radius 3 is 2.86 bits per heavy atom. The first kappa shape index (κ1) is 20.1. The minimum atomic E-state index is 0.0413. The average Bonchev–Trinajstić information content (AvgIpc) is 3.29. The first-order chi connectivity index (χ1) is 14.0. The number of anilines is 2. The van der Waals surface area contributed by atoms with Gasteiger partial charge in [0.25, 0.3) is 0 Å². The molecule has 29 heavy (non-hydrogen) atoms. The van der Waals surface area contributed by atoms with Gasteiger partial charge in [-0.2, -0.15) is 4.37 Å². The largest absolute Gasteiger partial charge is 0.354 e. The van der Waals surface area contributed by atoms with Gasteiger partial charge in [-0.1, -0.05) is 29.8 Å². The van der Waals surface area contributed by atoms with Crippen LogP contribution in [0.1, 0.15) is 18.1 Å².